The van der Waals surface area contributed by atoms with Gasteiger partial charge in [0.25, 0.3) is 5.69 Å². The molecule has 24 heavy (non-hydrogen) atoms. The molecule has 0 bridgehead atoms. The molecule has 1 fully saturated rings. The van der Waals surface area contributed by atoms with E-state index < -0.39 is 20.4 Å². The summed E-state index contributed by atoms with van der Waals surface area (Å²) < 4.78 is 23.7. The molecule has 3 rings (SSSR count). The minimum absolute atomic E-state index is 0.248. The summed E-state index contributed by atoms with van der Waals surface area (Å²) in [7, 11) is -3.68. The first-order valence-corrected chi connectivity index (χ1v) is 9.34. The van der Waals surface area contributed by atoms with Gasteiger partial charge in [-0.15, -0.1) is 0 Å². The van der Waals surface area contributed by atoms with Crippen LogP contribution in [0.1, 0.15) is 24.6 Å². The molecular weight excluding hydrogens is 334 g/mol. The molecule has 1 aromatic heterocycles. The van der Waals surface area contributed by atoms with Crippen molar-refractivity contribution >= 4 is 21.2 Å². The van der Waals surface area contributed by atoms with E-state index in [9.17, 15) is 18.5 Å². The molecule has 128 valence electrons. The summed E-state index contributed by atoms with van der Waals surface area (Å²) in [4.78, 5) is 16.3. The van der Waals surface area contributed by atoms with Crippen molar-refractivity contribution in [2.24, 2.45) is 0 Å². The van der Waals surface area contributed by atoms with Gasteiger partial charge in [-0.05, 0) is 25.0 Å². The maximum atomic E-state index is 11.9. The molecule has 1 N–H and O–H groups in total. The number of nitro benzene ring substituents is 1. The summed E-state index contributed by atoms with van der Waals surface area (Å²) in [6.07, 6.45) is 4.16. The first-order chi connectivity index (χ1) is 11.4. The van der Waals surface area contributed by atoms with Crippen LogP contribution in [0.3, 0.4) is 0 Å². The van der Waals surface area contributed by atoms with Crippen LogP contribution < -0.4 is 4.90 Å². The number of nitrogens with zero attached hydrogens (tertiary/aromatic N) is 4. The Bertz CT molecular complexity index is 842. The number of benzene rings is 1. The summed E-state index contributed by atoms with van der Waals surface area (Å²) in [5, 5.41) is 17.8. The van der Waals surface area contributed by atoms with Crippen LogP contribution in [-0.2, 0) is 9.84 Å². The highest BCUT2D eigenvalue weighted by Crippen LogP contribution is 2.32. The molecule has 0 spiro atoms. The fraction of sp³-hybridized carbons (Fsp3) is 0.429. The van der Waals surface area contributed by atoms with Gasteiger partial charge in [0, 0.05) is 37.0 Å². The molecule has 1 aliphatic heterocycles. The molecule has 1 aliphatic rings. The SMILES string of the molecule is CS(=O)(=O)c1cc(N2CCC(c3ncn[nH]3)CC2)ccc1[N+](=O)[O-]. The van der Waals surface area contributed by atoms with E-state index in [0.29, 0.717) is 18.8 Å². The largest absolute Gasteiger partial charge is 0.371 e. The monoisotopic (exact) mass is 351 g/mol. The topological polar surface area (TPSA) is 122 Å². The molecule has 1 saturated heterocycles. The third-order valence-corrected chi connectivity index (χ3v) is 5.35. The Morgan fingerprint density at radius 2 is 2.04 bits per heavy atom. The second kappa shape index (κ2) is 6.19. The zero-order chi connectivity index (χ0) is 17.3. The fourth-order valence-electron chi connectivity index (χ4n) is 2.97. The van der Waals surface area contributed by atoms with E-state index in [2.05, 4.69) is 15.2 Å². The van der Waals surface area contributed by atoms with E-state index in [1.54, 1.807) is 6.07 Å². The number of nitrogens with one attached hydrogen (secondary N) is 1. The zero-order valence-electron chi connectivity index (χ0n) is 13.0. The second-order valence-electron chi connectivity index (χ2n) is 5.81. The van der Waals surface area contributed by atoms with Gasteiger partial charge in [-0.3, -0.25) is 15.2 Å². The maximum absolute atomic E-state index is 11.9. The van der Waals surface area contributed by atoms with Gasteiger partial charge in [0.1, 0.15) is 17.0 Å². The number of aromatic nitrogens is 3. The van der Waals surface area contributed by atoms with Gasteiger partial charge >= 0.3 is 0 Å². The Labute approximate surface area is 138 Å². The average Bonchev–Trinajstić information content (AvgIpc) is 3.08. The first kappa shape index (κ1) is 16.4. The van der Waals surface area contributed by atoms with E-state index in [0.717, 1.165) is 24.9 Å². The summed E-state index contributed by atoms with van der Waals surface area (Å²) >= 11 is 0. The standard InChI is InChI=1S/C14H17N5O4S/c1-24(22,23)13-8-11(2-3-12(13)19(20)21)18-6-4-10(5-7-18)14-15-9-16-17-14/h2-3,8-10H,4-7H2,1H3,(H,15,16,17). The lowest BCUT2D eigenvalue weighted by Gasteiger charge is -2.32. The summed E-state index contributed by atoms with van der Waals surface area (Å²) in [5.41, 5.74) is 0.287. The summed E-state index contributed by atoms with van der Waals surface area (Å²) in [6, 6.07) is 4.25. The van der Waals surface area contributed by atoms with Gasteiger partial charge < -0.3 is 4.90 Å². The van der Waals surface area contributed by atoms with Gasteiger partial charge in [0.05, 0.1) is 4.92 Å². The fourth-order valence-corrected chi connectivity index (χ4v) is 3.83. The number of nitro groups is 1. The van der Waals surface area contributed by atoms with Crippen molar-refractivity contribution in [1.82, 2.24) is 15.2 Å². The molecule has 0 aliphatic carbocycles. The van der Waals surface area contributed by atoms with Crippen molar-refractivity contribution < 1.29 is 13.3 Å². The lowest BCUT2D eigenvalue weighted by molar-refractivity contribution is -0.387. The van der Waals surface area contributed by atoms with E-state index in [1.165, 1.54) is 18.5 Å². The van der Waals surface area contributed by atoms with Gasteiger partial charge in [0.2, 0.25) is 0 Å². The van der Waals surface area contributed by atoms with E-state index in [-0.39, 0.29) is 10.8 Å². The predicted octanol–water partition coefficient (Wildman–Crippen LogP) is 1.50. The molecule has 10 heteroatoms. The summed E-state index contributed by atoms with van der Waals surface area (Å²) in [5.74, 6) is 1.14. The molecular formula is C14H17N5O4S. The maximum Gasteiger partial charge on any atom is 0.288 e. The van der Waals surface area contributed by atoms with Crippen LogP contribution in [0.15, 0.2) is 29.4 Å². The summed E-state index contributed by atoms with van der Waals surface area (Å²) in [6.45, 7) is 1.43. The van der Waals surface area contributed by atoms with Crippen molar-refractivity contribution in [1.29, 1.82) is 0 Å². The minimum Gasteiger partial charge on any atom is -0.371 e. The molecule has 0 atom stereocenters. The van der Waals surface area contributed by atoms with Crippen molar-refractivity contribution in [3.8, 4) is 0 Å². The van der Waals surface area contributed by atoms with Crippen LogP contribution in [0.25, 0.3) is 0 Å². The van der Waals surface area contributed by atoms with Crippen molar-refractivity contribution in [2.45, 2.75) is 23.7 Å². The molecule has 0 unspecified atom stereocenters. The third-order valence-electron chi connectivity index (χ3n) is 4.22. The average molecular weight is 351 g/mol. The predicted molar refractivity (Wildman–Crippen MR) is 86.8 cm³/mol. The van der Waals surface area contributed by atoms with E-state index >= 15 is 0 Å². The highest BCUT2D eigenvalue weighted by atomic mass is 32.2. The van der Waals surface area contributed by atoms with Crippen LogP contribution >= 0.6 is 0 Å². The van der Waals surface area contributed by atoms with Gasteiger partial charge in [0.15, 0.2) is 9.84 Å². The minimum atomic E-state index is -3.68. The molecule has 0 amide bonds. The van der Waals surface area contributed by atoms with Crippen LogP contribution in [0.2, 0.25) is 0 Å². The molecule has 9 nitrogen and oxygen atoms in total. The van der Waals surface area contributed by atoms with Crippen molar-refractivity contribution in [3.63, 3.8) is 0 Å². The Balaban J connectivity index is 1.82. The molecule has 2 heterocycles. The van der Waals surface area contributed by atoms with Gasteiger partial charge in [-0.1, -0.05) is 0 Å². The number of hydrogen-bond acceptors (Lipinski definition) is 7. The molecule has 0 radical (unpaired) electrons. The van der Waals surface area contributed by atoms with Crippen LogP contribution in [0.5, 0.6) is 0 Å². The second-order valence-corrected chi connectivity index (χ2v) is 7.80. The van der Waals surface area contributed by atoms with Crippen molar-refractivity contribution in [3.05, 3.63) is 40.5 Å². The Morgan fingerprint density at radius 1 is 1.33 bits per heavy atom. The van der Waals surface area contributed by atoms with Crippen LogP contribution in [0.4, 0.5) is 11.4 Å². The van der Waals surface area contributed by atoms with E-state index in [4.69, 9.17) is 0 Å². The normalized spacial score (nSPS) is 16.3. The van der Waals surface area contributed by atoms with Crippen LogP contribution in [-0.4, -0.2) is 47.9 Å². The van der Waals surface area contributed by atoms with E-state index in [1.807, 2.05) is 4.90 Å². The lowest BCUT2D eigenvalue weighted by atomic mass is 9.96. The van der Waals surface area contributed by atoms with Gasteiger partial charge in [-0.2, -0.15) is 5.10 Å². The third kappa shape index (κ3) is 3.23. The van der Waals surface area contributed by atoms with Crippen LogP contribution in [0, 0.1) is 10.1 Å². The van der Waals surface area contributed by atoms with Gasteiger partial charge in [-0.25, -0.2) is 13.4 Å². The number of piperidine rings is 1. The molecule has 0 saturated carbocycles. The number of H-pyrrole nitrogens is 1. The lowest BCUT2D eigenvalue weighted by Crippen LogP contribution is -2.33. The Kier molecular flexibility index (Phi) is 4.22. The molecule has 2 aromatic rings. The quantitative estimate of drug-likeness (QED) is 0.654. The highest BCUT2D eigenvalue weighted by Gasteiger charge is 2.26. The highest BCUT2D eigenvalue weighted by molar-refractivity contribution is 7.90. The number of rotatable bonds is 4. The smallest absolute Gasteiger partial charge is 0.288 e. The molecule has 1 aromatic carbocycles. The Hall–Kier alpha value is -2.49. The first-order valence-electron chi connectivity index (χ1n) is 7.45. The number of sulfone groups is 1. The number of anilines is 1. The number of aromatic amines is 1. The number of hydrogen-bond donors (Lipinski definition) is 1. The Morgan fingerprint density at radius 3 is 2.58 bits per heavy atom. The van der Waals surface area contributed by atoms with Crippen molar-refractivity contribution in [2.75, 3.05) is 24.2 Å². The zero-order valence-corrected chi connectivity index (χ0v) is 13.9.